The average Bonchev–Trinajstić information content (AvgIpc) is 3.47. The molecule has 3 heterocycles. The summed E-state index contributed by atoms with van der Waals surface area (Å²) < 4.78 is 45.9. The van der Waals surface area contributed by atoms with Gasteiger partial charge in [0.1, 0.15) is 11.8 Å². The maximum absolute atomic E-state index is 14.0. The number of thioether (sulfide) groups is 1. The molecular weight excluding hydrogens is 665 g/mol. The number of hydrogen-bond donors (Lipinski definition) is 2. The Labute approximate surface area is 270 Å². The number of nitrogens with one attached hydrogen (secondary N) is 1. The van der Waals surface area contributed by atoms with Crippen molar-refractivity contribution >= 4 is 57.9 Å². The molecule has 3 aromatic carbocycles. The molecule has 47 heavy (non-hydrogen) atoms. The summed E-state index contributed by atoms with van der Waals surface area (Å²) in [6, 6.07) is 13.2. The first-order valence-electron chi connectivity index (χ1n) is 13.6. The van der Waals surface area contributed by atoms with Crippen LogP contribution in [-0.4, -0.2) is 44.7 Å². The second-order valence-electron chi connectivity index (χ2n) is 10.5. The Balaban J connectivity index is 1.40. The average molecular weight is 687 g/mol. The monoisotopic (exact) mass is 686 g/mol. The number of anilines is 2. The Morgan fingerprint density at radius 2 is 1.79 bits per heavy atom. The minimum atomic E-state index is -4.64. The Morgan fingerprint density at radius 1 is 1.06 bits per heavy atom. The van der Waals surface area contributed by atoms with E-state index in [1.807, 2.05) is 0 Å². The molecule has 2 unspecified atom stereocenters. The molecule has 2 aliphatic rings. The van der Waals surface area contributed by atoms with E-state index < -0.39 is 62.9 Å². The van der Waals surface area contributed by atoms with Crippen LogP contribution in [0.1, 0.15) is 21.9 Å². The molecule has 0 radical (unpaired) electrons. The summed E-state index contributed by atoms with van der Waals surface area (Å²) in [6.07, 6.45) is -4.64. The van der Waals surface area contributed by atoms with Crippen molar-refractivity contribution in [2.75, 3.05) is 17.3 Å². The van der Waals surface area contributed by atoms with Gasteiger partial charge in [-0.25, -0.2) is 4.90 Å². The van der Waals surface area contributed by atoms with Gasteiger partial charge < -0.3 is 15.2 Å². The van der Waals surface area contributed by atoms with E-state index in [1.54, 1.807) is 0 Å². The number of nitro groups is 1. The van der Waals surface area contributed by atoms with Crippen LogP contribution in [-0.2, 0) is 27.1 Å². The van der Waals surface area contributed by atoms with Crippen LogP contribution in [0.3, 0.4) is 0 Å². The number of thiazole rings is 1. The number of aromatic hydroxyl groups is 1. The third kappa shape index (κ3) is 5.71. The van der Waals surface area contributed by atoms with E-state index in [1.165, 1.54) is 43.5 Å². The Kier molecular flexibility index (Phi) is 8.05. The van der Waals surface area contributed by atoms with Crippen molar-refractivity contribution < 1.29 is 42.3 Å². The number of carbonyl (C=O) groups excluding carboxylic acids is 3. The highest BCUT2D eigenvalue weighted by atomic mass is 32.2. The van der Waals surface area contributed by atoms with Gasteiger partial charge in [0.2, 0.25) is 17.7 Å². The van der Waals surface area contributed by atoms with Gasteiger partial charge >= 0.3 is 11.0 Å². The summed E-state index contributed by atoms with van der Waals surface area (Å²) in [4.78, 5) is 65.4. The predicted octanol–water partition coefficient (Wildman–Crippen LogP) is 4.99. The lowest BCUT2D eigenvalue weighted by molar-refractivity contribution is -0.384. The Morgan fingerprint density at radius 3 is 2.45 bits per heavy atom. The lowest BCUT2D eigenvalue weighted by Crippen LogP contribution is -2.33. The van der Waals surface area contributed by atoms with E-state index in [0.29, 0.717) is 10.4 Å². The van der Waals surface area contributed by atoms with Crippen molar-refractivity contribution in [2.45, 2.75) is 28.9 Å². The Hall–Kier alpha value is -5.16. The standard InChI is InChI=1S/C30H21F3N4O8S2/c1-45-20-11-14(5-10-19(20)38)22-23-24(27(41)36(26(23)40)17-6-8-18(9-7-17)37(43)44)46-28-25(22)47-29(42)35(28)13-21(39)34-16-4-2-3-15(12-16)30(31,32)33/h2-12,22-24,38H,13H2,1H3,(H,34,39)/t22-,23?,24?/m0/s1. The van der Waals surface area contributed by atoms with Crippen molar-refractivity contribution in [3.8, 4) is 11.5 Å². The van der Waals surface area contributed by atoms with E-state index in [0.717, 1.165) is 62.9 Å². The highest BCUT2D eigenvalue weighted by Gasteiger charge is 2.57. The fourth-order valence-corrected chi connectivity index (χ4v) is 8.37. The molecule has 1 saturated heterocycles. The first kappa shape index (κ1) is 31.8. The van der Waals surface area contributed by atoms with Crippen molar-refractivity contribution in [3.63, 3.8) is 0 Å². The molecule has 242 valence electrons. The summed E-state index contributed by atoms with van der Waals surface area (Å²) in [5.74, 6) is -4.20. The van der Waals surface area contributed by atoms with Crippen LogP contribution >= 0.6 is 23.1 Å². The van der Waals surface area contributed by atoms with Gasteiger partial charge in [-0.3, -0.25) is 33.9 Å². The topological polar surface area (TPSA) is 161 Å². The van der Waals surface area contributed by atoms with Gasteiger partial charge in [-0.05, 0) is 48.0 Å². The number of aromatic nitrogens is 1. The highest BCUT2D eigenvalue weighted by molar-refractivity contribution is 8.00. The SMILES string of the molecule is COc1cc([C@@H]2c3sc(=O)n(CC(=O)Nc4cccc(C(F)(F)F)c4)c3SC3C(=O)N(c4ccc([N+](=O)[O-])cc4)C(=O)C32)ccc1O. The van der Waals surface area contributed by atoms with Gasteiger partial charge in [-0.2, -0.15) is 13.2 Å². The van der Waals surface area contributed by atoms with E-state index in [4.69, 9.17) is 4.74 Å². The minimum Gasteiger partial charge on any atom is -0.504 e. The number of nitrogens with zero attached hydrogens (tertiary/aromatic N) is 3. The number of amides is 3. The largest absolute Gasteiger partial charge is 0.504 e. The minimum absolute atomic E-state index is 0.0649. The summed E-state index contributed by atoms with van der Waals surface area (Å²) in [5.41, 5.74) is -0.841. The fraction of sp³-hybridized carbons (Fsp3) is 0.200. The molecule has 3 atom stereocenters. The number of benzene rings is 3. The number of rotatable bonds is 7. The second kappa shape index (κ2) is 11.9. The van der Waals surface area contributed by atoms with Crippen LogP contribution in [0.5, 0.6) is 11.5 Å². The number of hydrogen-bond acceptors (Lipinski definition) is 10. The van der Waals surface area contributed by atoms with Gasteiger partial charge in [-0.15, -0.1) is 0 Å². The van der Waals surface area contributed by atoms with Crippen LogP contribution < -0.4 is 19.8 Å². The zero-order valence-electron chi connectivity index (χ0n) is 23.9. The quantitative estimate of drug-likeness (QED) is 0.155. The van der Waals surface area contributed by atoms with Crippen LogP contribution in [0, 0.1) is 16.0 Å². The highest BCUT2D eigenvalue weighted by Crippen LogP contribution is 2.54. The number of imide groups is 1. The smallest absolute Gasteiger partial charge is 0.416 e. The number of halogens is 3. The lowest BCUT2D eigenvalue weighted by atomic mass is 9.83. The molecule has 0 aliphatic carbocycles. The number of methoxy groups -OCH3 is 1. The normalized spacial score (nSPS) is 18.9. The first-order chi connectivity index (χ1) is 22.3. The van der Waals surface area contributed by atoms with Crippen molar-refractivity contribution in [1.29, 1.82) is 0 Å². The van der Waals surface area contributed by atoms with E-state index >= 15 is 0 Å². The second-order valence-corrected chi connectivity index (χ2v) is 12.6. The lowest BCUT2D eigenvalue weighted by Gasteiger charge is -2.31. The van der Waals surface area contributed by atoms with E-state index in [9.17, 15) is 47.6 Å². The summed E-state index contributed by atoms with van der Waals surface area (Å²) >= 11 is 1.65. The molecule has 0 spiro atoms. The van der Waals surface area contributed by atoms with Gasteiger partial charge in [-0.1, -0.05) is 35.2 Å². The molecule has 0 bridgehead atoms. The molecular formula is C30H21F3N4O8S2. The molecule has 4 aromatic rings. The number of carbonyl (C=O) groups is 3. The van der Waals surface area contributed by atoms with Gasteiger partial charge in [0.15, 0.2) is 11.5 Å². The molecule has 6 rings (SSSR count). The number of fused-ring (bicyclic) bond motifs is 2. The molecule has 3 amide bonds. The molecule has 1 aromatic heterocycles. The molecule has 1 fully saturated rings. The number of non-ortho nitro benzene ring substituents is 1. The van der Waals surface area contributed by atoms with E-state index in [2.05, 4.69) is 5.32 Å². The molecule has 17 heteroatoms. The van der Waals surface area contributed by atoms with Crippen molar-refractivity contribution in [1.82, 2.24) is 4.57 Å². The zero-order valence-corrected chi connectivity index (χ0v) is 25.5. The number of nitro benzene ring substituents is 1. The van der Waals surface area contributed by atoms with Crippen LogP contribution in [0.15, 0.2) is 76.6 Å². The maximum atomic E-state index is 14.0. The van der Waals surface area contributed by atoms with Gasteiger partial charge in [0, 0.05) is 28.6 Å². The number of ether oxygens (including phenoxy) is 1. The van der Waals surface area contributed by atoms with Crippen molar-refractivity contribution in [3.05, 3.63) is 103 Å². The van der Waals surface area contributed by atoms with Gasteiger partial charge in [0.25, 0.3) is 5.69 Å². The zero-order chi connectivity index (χ0) is 33.8. The molecule has 12 nitrogen and oxygen atoms in total. The Bertz CT molecular complexity index is 2010. The van der Waals surface area contributed by atoms with E-state index in [-0.39, 0.29) is 33.6 Å². The number of alkyl halides is 3. The molecule has 2 aliphatic heterocycles. The number of phenols is 1. The number of phenolic OH excluding ortho intramolecular Hbond substituents is 1. The van der Waals surface area contributed by atoms with Gasteiger partial charge in [0.05, 0.1) is 34.2 Å². The first-order valence-corrected chi connectivity index (χ1v) is 15.3. The van der Waals surface area contributed by atoms with Crippen LogP contribution in [0.4, 0.5) is 30.2 Å². The molecule has 0 saturated carbocycles. The van der Waals surface area contributed by atoms with Crippen LogP contribution in [0.25, 0.3) is 0 Å². The fourth-order valence-electron chi connectivity index (χ4n) is 5.60. The summed E-state index contributed by atoms with van der Waals surface area (Å²) in [7, 11) is 1.32. The third-order valence-electron chi connectivity index (χ3n) is 7.71. The van der Waals surface area contributed by atoms with Crippen molar-refractivity contribution in [2.24, 2.45) is 5.92 Å². The predicted molar refractivity (Wildman–Crippen MR) is 164 cm³/mol. The van der Waals surface area contributed by atoms with Crippen LogP contribution in [0.2, 0.25) is 0 Å². The summed E-state index contributed by atoms with van der Waals surface area (Å²) in [6.45, 7) is -0.606. The molecule has 2 N–H and O–H groups in total. The third-order valence-corrected chi connectivity index (χ3v) is 10.3. The maximum Gasteiger partial charge on any atom is 0.416 e. The summed E-state index contributed by atoms with van der Waals surface area (Å²) in [5, 5.41) is 22.9.